The van der Waals surface area contributed by atoms with E-state index in [-0.39, 0.29) is 41.8 Å². The number of fused-ring (bicyclic) bond motifs is 3. The van der Waals surface area contributed by atoms with Gasteiger partial charge in [0.25, 0.3) is 5.91 Å². The zero-order valence-electron chi connectivity index (χ0n) is 23.1. The van der Waals surface area contributed by atoms with Crippen LogP contribution in [0, 0.1) is 11.8 Å². The summed E-state index contributed by atoms with van der Waals surface area (Å²) in [6, 6.07) is 24.1. The molecule has 2 fully saturated rings. The molecule has 2 heterocycles. The van der Waals surface area contributed by atoms with E-state index in [4.69, 9.17) is 9.47 Å². The number of carbonyl (C=O) groups is 2. The first-order valence-electron chi connectivity index (χ1n) is 14.3. The molecule has 40 heavy (non-hydrogen) atoms. The van der Waals surface area contributed by atoms with E-state index < -0.39 is 0 Å². The molecule has 3 aromatic carbocycles. The number of anilines is 1. The fourth-order valence-electron chi connectivity index (χ4n) is 7.00. The number of para-hydroxylation sites is 1. The summed E-state index contributed by atoms with van der Waals surface area (Å²) in [5.41, 5.74) is 4.03. The molecule has 1 saturated carbocycles. The van der Waals surface area contributed by atoms with E-state index in [2.05, 4.69) is 64.1 Å². The van der Waals surface area contributed by atoms with E-state index >= 15 is 0 Å². The molecule has 7 nitrogen and oxygen atoms in total. The lowest BCUT2D eigenvalue weighted by Gasteiger charge is -2.42. The Balaban J connectivity index is 1.25. The van der Waals surface area contributed by atoms with Crippen molar-refractivity contribution in [3.05, 3.63) is 89.5 Å². The molecule has 2 amide bonds. The van der Waals surface area contributed by atoms with Crippen LogP contribution in [-0.4, -0.2) is 43.5 Å². The van der Waals surface area contributed by atoms with Crippen molar-refractivity contribution in [3.8, 4) is 11.5 Å². The second-order valence-corrected chi connectivity index (χ2v) is 11.1. The van der Waals surface area contributed by atoms with Crippen LogP contribution in [0.5, 0.6) is 11.5 Å². The molecule has 3 aliphatic rings. The lowest BCUT2D eigenvalue weighted by atomic mass is 9.79. The van der Waals surface area contributed by atoms with Crippen LogP contribution >= 0.6 is 0 Å². The minimum Gasteiger partial charge on any atom is -0.493 e. The smallest absolute Gasteiger partial charge is 0.251 e. The second-order valence-electron chi connectivity index (χ2n) is 11.1. The number of carbonyl (C=O) groups excluding carboxylic acids is 2. The van der Waals surface area contributed by atoms with Gasteiger partial charge in [-0.2, -0.15) is 0 Å². The number of hydrogen-bond donors (Lipinski definition) is 2. The van der Waals surface area contributed by atoms with Crippen LogP contribution < -0.4 is 20.1 Å². The fraction of sp³-hybridized carbons (Fsp3) is 0.394. The minimum absolute atomic E-state index is 0.0132. The van der Waals surface area contributed by atoms with Crippen molar-refractivity contribution in [3.63, 3.8) is 0 Å². The van der Waals surface area contributed by atoms with Crippen LogP contribution in [0.4, 0.5) is 5.69 Å². The third-order valence-electron chi connectivity index (χ3n) is 8.95. The molecule has 1 saturated heterocycles. The molecule has 3 aromatic rings. The molecule has 6 rings (SSSR count). The highest BCUT2D eigenvalue weighted by molar-refractivity contribution is 5.95. The quantitative estimate of drug-likeness (QED) is 0.417. The van der Waals surface area contributed by atoms with E-state index in [1.807, 2.05) is 6.07 Å². The van der Waals surface area contributed by atoms with Gasteiger partial charge in [-0.05, 0) is 54.7 Å². The summed E-state index contributed by atoms with van der Waals surface area (Å²) < 4.78 is 10.7. The fourth-order valence-corrected chi connectivity index (χ4v) is 7.00. The van der Waals surface area contributed by atoms with Crippen molar-refractivity contribution in [2.45, 2.75) is 50.2 Å². The molecule has 1 unspecified atom stereocenters. The summed E-state index contributed by atoms with van der Waals surface area (Å²) in [7, 11) is 3.13. The molecule has 5 atom stereocenters. The zero-order chi connectivity index (χ0) is 27.6. The van der Waals surface area contributed by atoms with Crippen LogP contribution in [0.1, 0.15) is 65.7 Å². The van der Waals surface area contributed by atoms with Crippen molar-refractivity contribution in [2.24, 2.45) is 11.8 Å². The first-order chi connectivity index (χ1) is 19.6. The van der Waals surface area contributed by atoms with Crippen LogP contribution in [0.2, 0.25) is 0 Å². The van der Waals surface area contributed by atoms with Crippen LogP contribution in [0.15, 0.2) is 72.8 Å². The first-order valence-corrected chi connectivity index (χ1v) is 14.3. The maximum absolute atomic E-state index is 14.3. The van der Waals surface area contributed by atoms with Gasteiger partial charge in [0.15, 0.2) is 11.5 Å². The molecule has 0 aromatic heterocycles. The molecule has 1 aliphatic carbocycles. The van der Waals surface area contributed by atoms with Crippen molar-refractivity contribution in [1.29, 1.82) is 0 Å². The number of rotatable bonds is 6. The van der Waals surface area contributed by atoms with Gasteiger partial charge in [-0.3, -0.25) is 9.59 Å². The highest BCUT2D eigenvalue weighted by Crippen LogP contribution is 2.51. The molecule has 7 heteroatoms. The van der Waals surface area contributed by atoms with Crippen molar-refractivity contribution in [1.82, 2.24) is 10.2 Å². The van der Waals surface area contributed by atoms with Crippen LogP contribution in [0.25, 0.3) is 0 Å². The van der Waals surface area contributed by atoms with E-state index in [9.17, 15) is 9.59 Å². The number of nitrogens with one attached hydrogen (secondary N) is 2. The predicted molar refractivity (Wildman–Crippen MR) is 155 cm³/mol. The molecular formula is C33H37N3O4. The molecule has 0 bridgehead atoms. The Bertz CT molecular complexity index is 1380. The number of methoxy groups -OCH3 is 2. The number of nitrogens with zero attached hydrogens (tertiary/aromatic N) is 1. The molecule has 2 N–H and O–H groups in total. The van der Waals surface area contributed by atoms with E-state index in [1.165, 1.54) is 11.1 Å². The molecule has 0 spiro atoms. The topological polar surface area (TPSA) is 79.9 Å². The van der Waals surface area contributed by atoms with Crippen molar-refractivity contribution in [2.75, 3.05) is 26.1 Å². The van der Waals surface area contributed by atoms with Crippen LogP contribution in [-0.2, 0) is 4.79 Å². The molecule has 0 radical (unpaired) electrons. The average molecular weight is 540 g/mol. The average Bonchev–Trinajstić information content (AvgIpc) is 3.46. The summed E-state index contributed by atoms with van der Waals surface area (Å²) >= 11 is 0. The van der Waals surface area contributed by atoms with Gasteiger partial charge in [0, 0.05) is 29.8 Å². The van der Waals surface area contributed by atoms with Gasteiger partial charge in [-0.15, -0.1) is 0 Å². The highest BCUT2D eigenvalue weighted by Gasteiger charge is 2.48. The summed E-state index contributed by atoms with van der Waals surface area (Å²) in [6.45, 7) is 0.723. The predicted octanol–water partition coefficient (Wildman–Crippen LogP) is 5.75. The van der Waals surface area contributed by atoms with Gasteiger partial charge < -0.3 is 25.0 Å². The lowest BCUT2D eigenvalue weighted by Crippen LogP contribution is -2.50. The Labute approximate surface area is 235 Å². The third-order valence-corrected chi connectivity index (χ3v) is 8.95. The number of amides is 2. The molecule has 2 aliphatic heterocycles. The van der Waals surface area contributed by atoms with E-state index in [1.54, 1.807) is 32.4 Å². The van der Waals surface area contributed by atoms with Crippen molar-refractivity contribution < 1.29 is 19.1 Å². The van der Waals surface area contributed by atoms with E-state index in [0.29, 0.717) is 17.1 Å². The summed E-state index contributed by atoms with van der Waals surface area (Å²) in [5, 5.41) is 6.99. The first kappa shape index (κ1) is 26.2. The monoisotopic (exact) mass is 539 g/mol. The highest BCUT2D eigenvalue weighted by atomic mass is 16.5. The Kier molecular flexibility index (Phi) is 7.37. The number of ether oxygens (including phenoxy) is 2. The maximum Gasteiger partial charge on any atom is 0.251 e. The molecule has 208 valence electrons. The number of hydrogen-bond acceptors (Lipinski definition) is 5. The Morgan fingerprint density at radius 2 is 1.62 bits per heavy atom. The third kappa shape index (κ3) is 4.78. The lowest BCUT2D eigenvalue weighted by molar-refractivity contribution is -0.138. The largest absolute Gasteiger partial charge is 0.493 e. The Hall–Kier alpha value is -4.00. The van der Waals surface area contributed by atoms with Gasteiger partial charge in [0.2, 0.25) is 5.91 Å². The standard InChI is InChI=1S/C33H37N3O4/c1-39-28-17-16-22(20-29(28)40-2)32(37)35-27-15-9-7-13-24(27)33(38)36-19-18-25-30(21-10-4-3-5-11-21)34-26-14-8-6-12-23(26)31(25)36/h3-6,8,10-12,14,16-17,20,24-25,27,30-31,34H,7,9,13,15,18-19H2,1-2H3,(H,35,37)/t24-,25+,27?,30-,31-/m0/s1. The van der Waals surface area contributed by atoms with Crippen molar-refractivity contribution >= 4 is 17.5 Å². The maximum atomic E-state index is 14.3. The number of benzene rings is 3. The minimum atomic E-state index is -0.242. The van der Waals surface area contributed by atoms with Gasteiger partial charge in [-0.25, -0.2) is 0 Å². The SMILES string of the molecule is COc1ccc(C(=O)NC2CCCC[C@@H]2C(=O)N2CC[C@@H]3[C@H](c4ccccc4)Nc4ccccc4[C@@H]32)cc1OC. The Morgan fingerprint density at radius 3 is 2.42 bits per heavy atom. The van der Waals surface area contributed by atoms with Gasteiger partial charge >= 0.3 is 0 Å². The second kappa shape index (κ2) is 11.2. The van der Waals surface area contributed by atoms with Gasteiger partial charge in [0.1, 0.15) is 0 Å². The van der Waals surface area contributed by atoms with E-state index in [0.717, 1.165) is 44.3 Å². The van der Waals surface area contributed by atoms with Gasteiger partial charge in [0.05, 0.1) is 32.2 Å². The number of likely N-dealkylation sites (tertiary alicyclic amines) is 1. The summed E-state index contributed by atoms with van der Waals surface area (Å²) in [6.07, 6.45) is 4.50. The Morgan fingerprint density at radius 1 is 0.875 bits per heavy atom. The van der Waals surface area contributed by atoms with Crippen LogP contribution in [0.3, 0.4) is 0 Å². The normalized spacial score (nSPS) is 25.2. The summed E-state index contributed by atoms with van der Waals surface area (Å²) in [4.78, 5) is 29.8. The van der Waals surface area contributed by atoms with Gasteiger partial charge in [-0.1, -0.05) is 61.4 Å². The molecular weight excluding hydrogens is 502 g/mol. The zero-order valence-corrected chi connectivity index (χ0v) is 23.1. The summed E-state index contributed by atoms with van der Waals surface area (Å²) in [5.74, 6) is 1.09.